The molecule has 0 aromatic heterocycles. The van der Waals surface area contributed by atoms with E-state index >= 15 is 0 Å². The van der Waals surface area contributed by atoms with Gasteiger partial charge in [0.05, 0.1) is 5.16 Å². The summed E-state index contributed by atoms with van der Waals surface area (Å²) in [6.45, 7) is 0. The molecular weight excluding hydrogens is 388 g/mol. The Morgan fingerprint density at radius 2 is 1.70 bits per heavy atom. The van der Waals surface area contributed by atoms with Crippen LogP contribution in [0.4, 0.5) is 10.1 Å². The Hall–Kier alpha value is -1.74. The third-order valence-electron chi connectivity index (χ3n) is 2.41. The van der Waals surface area contributed by atoms with Gasteiger partial charge in [0.25, 0.3) is 0 Å². The molecule has 0 N–H and O–H groups in total. The van der Waals surface area contributed by atoms with E-state index in [0.717, 1.165) is 11.3 Å². The van der Waals surface area contributed by atoms with Crippen LogP contribution in [0.5, 0.6) is 5.75 Å². The molecule has 0 unspecified atom stereocenters. The minimum atomic E-state index is -0.470. The molecule has 0 saturated carbocycles. The van der Waals surface area contributed by atoms with E-state index in [1.54, 1.807) is 6.07 Å². The first-order chi connectivity index (χ1) is 9.72. The van der Waals surface area contributed by atoms with E-state index in [1.807, 2.05) is 47.3 Å². The van der Waals surface area contributed by atoms with Crippen LogP contribution in [0.15, 0.2) is 47.5 Å². The Morgan fingerprint density at radius 1 is 1.05 bits per heavy atom. The van der Waals surface area contributed by atoms with Crippen molar-refractivity contribution in [1.82, 2.24) is 0 Å². The summed E-state index contributed by atoms with van der Waals surface area (Å²) in [4.78, 5) is 3.61. The monoisotopic (exact) mass is 395 g/mol. The Bertz CT molecular complexity index is 728. The van der Waals surface area contributed by atoms with Crippen LogP contribution in [-0.2, 0) is 0 Å². The second-order valence-corrected chi connectivity index (χ2v) is 4.34. The lowest BCUT2D eigenvalue weighted by atomic mass is 10.1. The lowest BCUT2D eigenvalue weighted by Gasteiger charge is -1.96. The lowest BCUT2D eigenvalue weighted by molar-refractivity contribution is 0.629. The highest BCUT2D eigenvalue weighted by Gasteiger charge is 2.00. The first kappa shape index (κ1) is 14.7. The molecule has 0 fully saturated rings. The maximum atomic E-state index is 13.6. The van der Waals surface area contributed by atoms with Crippen LogP contribution in [0.3, 0.4) is 0 Å². The third kappa shape index (κ3) is 3.87. The Balaban J connectivity index is 2.23. The number of halogens is 2. The summed E-state index contributed by atoms with van der Waals surface area (Å²) in [5, 5.41) is 2.13. The minimum Gasteiger partial charge on any atom is -0.428 e. The molecule has 98 valence electrons. The minimum absolute atomic E-state index is 0.161. The van der Waals surface area contributed by atoms with E-state index in [-0.39, 0.29) is 5.69 Å². The molecule has 20 heavy (non-hydrogen) atoms. The fourth-order valence-corrected chi connectivity index (χ4v) is 1.85. The van der Waals surface area contributed by atoms with Crippen LogP contribution in [0.1, 0.15) is 11.1 Å². The molecule has 0 radical (unpaired) electrons. The van der Waals surface area contributed by atoms with Crippen LogP contribution in [-0.4, -0.2) is 5.16 Å². The number of thiocarbonyl (C=S) groups is 1. The molecule has 0 bridgehead atoms. The molecule has 2 aromatic rings. The molecule has 0 amide bonds. The highest BCUT2D eigenvalue weighted by atomic mass is 127. The van der Waals surface area contributed by atoms with Crippen molar-refractivity contribution in [3.63, 3.8) is 0 Å². The molecule has 0 aliphatic rings. The zero-order valence-corrected chi connectivity index (χ0v) is 13.0. The van der Waals surface area contributed by atoms with Gasteiger partial charge in [-0.3, -0.25) is 0 Å². The molecule has 2 nitrogen and oxygen atoms in total. The van der Waals surface area contributed by atoms with Gasteiger partial charge in [-0.1, -0.05) is 11.8 Å². The maximum absolute atomic E-state index is 13.6. The molecule has 2 aromatic carbocycles. The van der Waals surface area contributed by atoms with Gasteiger partial charge in [0.15, 0.2) is 28.8 Å². The Kier molecular flexibility index (Phi) is 5.24. The SMILES string of the molecule is Fc1cc(C#Cc2ccc(OI)cc2)ccc1N=C=S. The van der Waals surface area contributed by atoms with E-state index in [9.17, 15) is 4.39 Å². The Morgan fingerprint density at radius 3 is 2.30 bits per heavy atom. The molecule has 0 spiro atoms. The zero-order valence-electron chi connectivity index (χ0n) is 10.1. The second-order valence-electron chi connectivity index (χ2n) is 3.72. The van der Waals surface area contributed by atoms with Gasteiger partial charge in [-0.25, -0.2) is 4.39 Å². The number of benzene rings is 2. The van der Waals surface area contributed by atoms with Gasteiger partial charge in [0.1, 0.15) is 11.4 Å². The predicted octanol–water partition coefficient (Wildman–Crippen LogP) is 4.69. The van der Waals surface area contributed by atoms with E-state index in [1.165, 1.54) is 12.1 Å². The number of aliphatic imine (C=N–C) groups is 1. The first-order valence-electron chi connectivity index (χ1n) is 5.51. The topological polar surface area (TPSA) is 21.6 Å². The summed E-state index contributed by atoms with van der Waals surface area (Å²) >= 11 is 6.25. The van der Waals surface area contributed by atoms with Crippen molar-refractivity contribution in [1.29, 1.82) is 0 Å². The third-order valence-corrected chi connectivity index (χ3v) is 3.01. The molecule has 0 atom stereocenters. The summed E-state index contributed by atoms with van der Waals surface area (Å²) in [5.74, 6) is 6.12. The normalized spacial score (nSPS) is 9.10. The fourth-order valence-electron chi connectivity index (χ4n) is 1.46. The average molecular weight is 395 g/mol. The number of hydrogen-bond acceptors (Lipinski definition) is 3. The van der Waals surface area contributed by atoms with E-state index in [4.69, 9.17) is 3.07 Å². The van der Waals surface area contributed by atoms with Crippen molar-refractivity contribution in [3.8, 4) is 17.6 Å². The largest absolute Gasteiger partial charge is 0.428 e. The summed E-state index contributed by atoms with van der Waals surface area (Å²) in [6, 6.07) is 11.8. The highest BCUT2D eigenvalue weighted by Crippen LogP contribution is 2.18. The van der Waals surface area contributed by atoms with Gasteiger partial charge < -0.3 is 3.07 Å². The van der Waals surface area contributed by atoms with E-state index in [0.29, 0.717) is 5.56 Å². The van der Waals surface area contributed by atoms with Gasteiger partial charge >= 0.3 is 0 Å². The van der Waals surface area contributed by atoms with Gasteiger partial charge in [0, 0.05) is 11.1 Å². The van der Waals surface area contributed by atoms with E-state index in [2.05, 4.69) is 34.2 Å². The smallest absolute Gasteiger partial charge is 0.192 e. The summed E-state index contributed by atoms with van der Waals surface area (Å²) in [7, 11) is 0. The average Bonchev–Trinajstić information content (AvgIpc) is 2.48. The predicted molar refractivity (Wildman–Crippen MR) is 88.2 cm³/mol. The standard InChI is InChI=1S/C15H7FINOS/c16-14-9-12(5-8-15(14)18-10-20)2-1-11-3-6-13(19-17)7-4-11/h3-9H. The van der Waals surface area contributed by atoms with Crippen molar-refractivity contribution in [3.05, 3.63) is 59.4 Å². The van der Waals surface area contributed by atoms with Gasteiger partial charge in [-0.2, -0.15) is 4.99 Å². The van der Waals surface area contributed by atoms with Crippen molar-refractivity contribution in [2.45, 2.75) is 0 Å². The lowest BCUT2D eigenvalue weighted by Crippen LogP contribution is -1.81. The van der Waals surface area contributed by atoms with Crippen LogP contribution in [0.2, 0.25) is 0 Å². The zero-order chi connectivity index (χ0) is 14.4. The Labute approximate surface area is 135 Å². The number of rotatable bonds is 2. The number of nitrogens with zero attached hydrogens (tertiary/aromatic N) is 1. The van der Waals surface area contributed by atoms with Crippen LogP contribution < -0.4 is 3.07 Å². The summed E-state index contributed by atoms with van der Waals surface area (Å²) < 4.78 is 18.6. The number of isothiocyanates is 1. The molecule has 5 heteroatoms. The quantitative estimate of drug-likeness (QED) is 0.319. The van der Waals surface area contributed by atoms with Crippen molar-refractivity contribution < 1.29 is 7.46 Å². The first-order valence-corrected chi connectivity index (χ1v) is 6.80. The van der Waals surface area contributed by atoms with Crippen LogP contribution >= 0.6 is 35.2 Å². The van der Waals surface area contributed by atoms with Crippen molar-refractivity contribution in [2.24, 2.45) is 4.99 Å². The van der Waals surface area contributed by atoms with Crippen LogP contribution in [0, 0.1) is 17.7 Å². The van der Waals surface area contributed by atoms with E-state index < -0.39 is 5.82 Å². The molecule has 0 heterocycles. The highest BCUT2D eigenvalue weighted by molar-refractivity contribution is 14.1. The van der Waals surface area contributed by atoms with Crippen molar-refractivity contribution in [2.75, 3.05) is 0 Å². The molecule has 0 saturated heterocycles. The van der Waals surface area contributed by atoms with Gasteiger partial charge in [0.2, 0.25) is 0 Å². The molecule has 2 rings (SSSR count). The fraction of sp³-hybridized carbons (Fsp3) is 0. The summed E-state index contributed by atoms with van der Waals surface area (Å²) in [6.07, 6.45) is 0. The summed E-state index contributed by atoms with van der Waals surface area (Å²) in [5.41, 5.74) is 1.55. The van der Waals surface area contributed by atoms with Crippen molar-refractivity contribution >= 4 is 46.1 Å². The van der Waals surface area contributed by atoms with Gasteiger partial charge in [-0.15, -0.1) is 0 Å². The second kappa shape index (κ2) is 7.15. The maximum Gasteiger partial charge on any atom is 0.192 e. The number of hydrogen-bond donors (Lipinski definition) is 0. The van der Waals surface area contributed by atoms with Gasteiger partial charge in [-0.05, 0) is 54.7 Å². The molecular formula is C15H7FINOS. The molecule has 0 aliphatic heterocycles. The molecule has 0 aliphatic carbocycles. The van der Waals surface area contributed by atoms with Crippen LogP contribution in [0.25, 0.3) is 0 Å².